The summed E-state index contributed by atoms with van der Waals surface area (Å²) in [5, 5.41) is 21.0. The molecule has 1 aliphatic heterocycles. The summed E-state index contributed by atoms with van der Waals surface area (Å²) >= 11 is 6.16. The number of fused-ring (bicyclic) bond motifs is 1. The number of carbonyl (C=O) groups excluding carboxylic acids is 1. The molecule has 3 aromatic carbocycles. The van der Waals surface area contributed by atoms with Crippen molar-refractivity contribution in [2.45, 2.75) is 30.8 Å². The number of carbonyl (C=O) groups is 1. The molecule has 6 nitrogen and oxygen atoms in total. The molecule has 10 heteroatoms. The van der Waals surface area contributed by atoms with Crippen LogP contribution in [0.2, 0.25) is 5.02 Å². The van der Waals surface area contributed by atoms with Crippen molar-refractivity contribution in [3.8, 4) is 0 Å². The van der Waals surface area contributed by atoms with E-state index in [2.05, 4.69) is 15.7 Å². The lowest BCUT2D eigenvalue weighted by atomic mass is 9.96. The van der Waals surface area contributed by atoms with Crippen molar-refractivity contribution in [2.75, 3.05) is 10.6 Å². The number of aliphatic hydroxyl groups excluding tert-OH is 1. The van der Waals surface area contributed by atoms with Crippen LogP contribution in [-0.2, 0) is 0 Å². The van der Waals surface area contributed by atoms with E-state index in [1.165, 1.54) is 12.1 Å². The van der Waals surface area contributed by atoms with Gasteiger partial charge in [0.2, 0.25) is 0 Å². The quantitative estimate of drug-likeness (QED) is 0.276. The van der Waals surface area contributed by atoms with E-state index in [0.717, 1.165) is 10.9 Å². The van der Waals surface area contributed by atoms with Gasteiger partial charge < -0.3 is 15.7 Å². The lowest BCUT2D eigenvalue weighted by Gasteiger charge is -2.34. The molecule has 3 atom stereocenters. The Labute approximate surface area is 215 Å². The summed E-state index contributed by atoms with van der Waals surface area (Å²) in [6, 6.07) is 19.6. The summed E-state index contributed by atoms with van der Waals surface area (Å²) in [6.07, 6.45) is -4.81. The smallest absolute Gasteiger partial charge is 0.384 e. The van der Waals surface area contributed by atoms with Crippen LogP contribution in [0.15, 0.2) is 85.1 Å². The maximum atomic E-state index is 14.0. The van der Waals surface area contributed by atoms with E-state index in [-0.39, 0.29) is 23.5 Å². The number of hydrogen-bond donors (Lipinski definition) is 3. The summed E-state index contributed by atoms with van der Waals surface area (Å²) < 4.78 is 42.7. The SMILES string of the molecule is O=C(Nc1ccc(Cl)cc1[C@H](O)c1ccccc1)c1cnn2c1N[C@@H](c1ccccc1)C[C@H]2C(F)(F)F. The average Bonchev–Trinajstić information content (AvgIpc) is 3.33. The number of alkyl halides is 3. The van der Waals surface area contributed by atoms with Crippen molar-refractivity contribution < 1.29 is 23.1 Å². The Hall–Kier alpha value is -3.82. The van der Waals surface area contributed by atoms with Gasteiger partial charge in [0, 0.05) is 22.7 Å². The summed E-state index contributed by atoms with van der Waals surface area (Å²) in [4.78, 5) is 13.3. The molecule has 0 saturated carbocycles. The Bertz CT molecular complexity index is 1410. The number of nitrogens with one attached hydrogen (secondary N) is 2. The molecule has 0 bridgehead atoms. The standard InChI is InChI=1S/C27H22ClF3N4O2/c28-18-11-12-21(19(13-18)24(36)17-9-5-2-6-10-17)34-26(37)20-15-32-35-23(27(29,30)31)14-22(33-25(20)35)16-7-3-1-4-8-16/h1-13,15,22-24,33,36H,14H2,(H,34,37)/t22-,23+,24-/m1/s1. The summed E-state index contributed by atoms with van der Waals surface area (Å²) in [5.74, 6) is -0.703. The van der Waals surface area contributed by atoms with E-state index < -0.39 is 30.3 Å². The van der Waals surface area contributed by atoms with E-state index in [1.54, 1.807) is 60.7 Å². The molecule has 1 aliphatic rings. The van der Waals surface area contributed by atoms with Gasteiger partial charge in [-0.2, -0.15) is 18.3 Å². The molecule has 37 heavy (non-hydrogen) atoms. The average molecular weight is 527 g/mol. The van der Waals surface area contributed by atoms with Crippen LogP contribution < -0.4 is 10.6 Å². The lowest BCUT2D eigenvalue weighted by Crippen LogP contribution is -2.36. The Morgan fingerprint density at radius 3 is 2.43 bits per heavy atom. The minimum atomic E-state index is -4.56. The van der Waals surface area contributed by atoms with Crippen molar-refractivity contribution in [1.29, 1.82) is 0 Å². The molecule has 0 aliphatic carbocycles. The van der Waals surface area contributed by atoms with Crippen LogP contribution in [-0.4, -0.2) is 27.0 Å². The zero-order valence-electron chi connectivity index (χ0n) is 19.3. The highest BCUT2D eigenvalue weighted by Gasteiger charge is 2.47. The number of anilines is 2. The summed E-state index contributed by atoms with van der Waals surface area (Å²) in [7, 11) is 0. The lowest BCUT2D eigenvalue weighted by molar-refractivity contribution is -0.173. The zero-order chi connectivity index (χ0) is 26.2. The van der Waals surface area contributed by atoms with Gasteiger partial charge in [-0.05, 0) is 29.3 Å². The number of aliphatic hydroxyl groups is 1. The second-order valence-electron chi connectivity index (χ2n) is 8.75. The highest BCUT2D eigenvalue weighted by molar-refractivity contribution is 6.30. The first-order valence-corrected chi connectivity index (χ1v) is 11.9. The molecule has 190 valence electrons. The van der Waals surface area contributed by atoms with Gasteiger partial charge in [0.25, 0.3) is 5.91 Å². The fourth-order valence-corrected chi connectivity index (χ4v) is 4.69. The van der Waals surface area contributed by atoms with Gasteiger partial charge in [-0.15, -0.1) is 0 Å². The highest BCUT2D eigenvalue weighted by atomic mass is 35.5. The fourth-order valence-electron chi connectivity index (χ4n) is 4.51. The van der Waals surface area contributed by atoms with Crippen LogP contribution in [0.3, 0.4) is 0 Å². The van der Waals surface area contributed by atoms with Crippen LogP contribution in [0.1, 0.15) is 51.7 Å². The first-order valence-electron chi connectivity index (χ1n) is 11.5. The summed E-state index contributed by atoms with van der Waals surface area (Å²) in [6.45, 7) is 0. The van der Waals surface area contributed by atoms with Gasteiger partial charge in [0.05, 0.1) is 12.2 Å². The topological polar surface area (TPSA) is 79.2 Å². The number of halogens is 4. The molecule has 4 aromatic rings. The second kappa shape index (κ2) is 9.91. The van der Waals surface area contributed by atoms with Gasteiger partial charge in [-0.1, -0.05) is 72.3 Å². The van der Waals surface area contributed by atoms with Crippen LogP contribution in [0.4, 0.5) is 24.7 Å². The molecule has 2 heterocycles. The molecule has 0 radical (unpaired) electrons. The molecule has 1 amide bonds. The normalized spacial score (nSPS) is 18.0. The van der Waals surface area contributed by atoms with Crippen LogP contribution in [0.5, 0.6) is 0 Å². The molecule has 1 aromatic heterocycles. The van der Waals surface area contributed by atoms with E-state index in [1.807, 2.05) is 6.07 Å². The number of hydrogen-bond acceptors (Lipinski definition) is 4. The first-order chi connectivity index (χ1) is 17.7. The van der Waals surface area contributed by atoms with Gasteiger partial charge in [0.15, 0.2) is 6.04 Å². The molecule has 0 saturated heterocycles. The zero-order valence-corrected chi connectivity index (χ0v) is 20.0. The minimum Gasteiger partial charge on any atom is -0.384 e. The van der Waals surface area contributed by atoms with Crippen molar-refractivity contribution in [3.63, 3.8) is 0 Å². The van der Waals surface area contributed by atoms with Crippen LogP contribution >= 0.6 is 11.6 Å². The molecule has 0 spiro atoms. The van der Waals surface area contributed by atoms with E-state index in [9.17, 15) is 23.1 Å². The van der Waals surface area contributed by atoms with Gasteiger partial charge in [-0.3, -0.25) is 4.79 Å². The van der Waals surface area contributed by atoms with Gasteiger partial charge in [-0.25, -0.2) is 4.68 Å². The number of aromatic nitrogens is 2. The third kappa shape index (κ3) is 5.05. The van der Waals surface area contributed by atoms with Gasteiger partial charge in [0.1, 0.15) is 17.5 Å². The van der Waals surface area contributed by atoms with E-state index in [4.69, 9.17) is 11.6 Å². The maximum Gasteiger partial charge on any atom is 0.410 e. The number of benzene rings is 3. The Balaban J connectivity index is 1.49. The van der Waals surface area contributed by atoms with Crippen molar-refractivity contribution in [2.24, 2.45) is 0 Å². The highest BCUT2D eigenvalue weighted by Crippen LogP contribution is 2.44. The largest absolute Gasteiger partial charge is 0.410 e. The van der Waals surface area contributed by atoms with Crippen molar-refractivity contribution in [1.82, 2.24) is 9.78 Å². The Kier molecular flexibility index (Phi) is 6.66. The molecular weight excluding hydrogens is 505 g/mol. The molecule has 3 N–H and O–H groups in total. The number of nitrogens with zero attached hydrogens (tertiary/aromatic N) is 2. The predicted octanol–water partition coefficient (Wildman–Crippen LogP) is 6.53. The Morgan fingerprint density at radius 1 is 1.08 bits per heavy atom. The first kappa shape index (κ1) is 24.9. The monoisotopic (exact) mass is 526 g/mol. The van der Waals surface area contributed by atoms with Crippen LogP contribution in [0, 0.1) is 0 Å². The van der Waals surface area contributed by atoms with Gasteiger partial charge >= 0.3 is 6.18 Å². The Morgan fingerprint density at radius 2 is 1.76 bits per heavy atom. The third-order valence-corrected chi connectivity index (χ3v) is 6.59. The number of rotatable bonds is 5. The minimum absolute atomic E-state index is 0.0287. The van der Waals surface area contributed by atoms with E-state index >= 15 is 0 Å². The third-order valence-electron chi connectivity index (χ3n) is 6.36. The van der Waals surface area contributed by atoms with E-state index in [0.29, 0.717) is 21.7 Å². The second-order valence-corrected chi connectivity index (χ2v) is 9.19. The summed E-state index contributed by atoms with van der Waals surface area (Å²) in [5.41, 5.74) is 1.82. The maximum absolute atomic E-state index is 14.0. The fraction of sp³-hybridized carbons (Fsp3) is 0.185. The molecule has 0 fully saturated rings. The van der Waals surface area contributed by atoms with Crippen molar-refractivity contribution in [3.05, 3.63) is 112 Å². The van der Waals surface area contributed by atoms with Crippen LogP contribution in [0.25, 0.3) is 0 Å². The predicted molar refractivity (Wildman–Crippen MR) is 135 cm³/mol. The number of amides is 1. The molecule has 0 unspecified atom stereocenters. The molecule has 5 rings (SSSR count). The molecular formula is C27H22ClF3N4O2. The van der Waals surface area contributed by atoms with Crippen molar-refractivity contribution >= 4 is 29.0 Å².